The Morgan fingerprint density at radius 3 is 1.27 bits per heavy atom. The molecule has 48 heavy (non-hydrogen) atoms. The number of hydrogen-bond acceptors (Lipinski definition) is 5. The van der Waals surface area contributed by atoms with E-state index >= 15 is 0 Å². The molecule has 0 bridgehead atoms. The predicted octanol–water partition coefficient (Wildman–Crippen LogP) is 12.2. The van der Waals surface area contributed by atoms with Crippen molar-refractivity contribution in [3.63, 3.8) is 0 Å². The van der Waals surface area contributed by atoms with E-state index in [0.717, 1.165) is 26.0 Å². The van der Waals surface area contributed by atoms with Gasteiger partial charge in [-0.25, -0.2) is 4.79 Å². The van der Waals surface area contributed by atoms with Crippen molar-refractivity contribution in [2.75, 3.05) is 53.6 Å². The molecule has 1 amide bonds. The lowest BCUT2D eigenvalue weighted by molar-refractivity contribution is -0.0292. The maximum absolute atomic E-state index is 12.3. The number of hydrogen-bond donors (Lipinski definition) is 1. The molecule has 0 aliphatic rings. The second-order valence-corrected chi connectivity index (χ2v) is 14.4. The minimum absolute atomic E-state index is 0.370. The minimum Gasteiger partial charge on any atom is -0.441 e. The lowest BCUT2D eigenvalue weighted by Crippen LogP contribution is -2.37. The van der Waals surface area contributed by atoms with Crippen molar-refractivity contribution in [3.05, 3.63) is 12.2 Å². The zero-order valence-corrected chi connectivity index (χ0v) is 32.9. The van der Waals surface area contributed by atoms with Gasteiger partial charge in [0.25, 0.3) is 0 Å². The first-order chi connectivity index (χ1) is 23.6. The van der Waals surface area contributed by atoms with Gasteiger partial charge in [-0.1, -0.05) is 167 Å². The van der Waals surface area contributed by atoms with Gasteiger partial charge in [-0.2, -0.15) is 0 Å². The number of likely N-dealkylation sites (N-methyl/N-ethyl adjacent to an activating group) is 1. The number of ether oxygens (including phenoxy) is 3. The van der Waals surface area contributed by atoms with E-state index in [1.54, 1.807) is 0 Å². The van der Waals surface area contributed by atoms with E-state index in [1.165, 1.54) is 167 Å². The maximum Gasteiger partial charge on any atom is 0.407 e. The Balaban J connectivity index is 3.87. The van der Waals surface area contributed by atoms with Gasteiger partial charge in [-0.3, -0.25) is 0 Å². The normalized spacial score (nSPS) is 12.4. The SMILES string of the molecule is CCCCCCCC/C=C\CCCCCCCCOCC(COCCCCCCCCCCCCCCCC)OC(=O)NCCN(C)C. The van der Waals surface area contributed by atoms with Gasteiger partial charge in [0.15, 0.2) is 6.10 Å². The highest BCUT2D eigenvalue weighted by Crippen LogP contribution is 2.14. The monoisotopic (exact) mass is 681 g/mol. The summed E-state index contributed by atoms with van der Waals surface area (Å²) in [6, 6.07) is 0. The molecule has 0 rings (SSSR count). The molecule has 0 aliphatic heterocycles. The molecular weight excluding hydrogens is 596 g/mol. The van der Waals surface area contributed by atoms with Crippen molar-refractivity contribution in [1.29, 1.82) is 0 Å². The van der Waals surface area contributed by atoms with Crippen LogP contribution in [0.2, 0.25) is 0 Å². The molecule has 6 heteroatoms. The predicted molar refractivity (Wildman–Crippen MR) is 208 cm³/mol. The molecule has 0 spiro atoms. The molecule has 0 aromatic carbocycles. The average molecular weight is 681 g/mol. The Bertz CT molecular complexity index is 658. The molecule has 1 atom stereocenters. The fraction of sp³-hybridized carbons (Fsp3) is 0.929. The van der Waals surface area contributed by atoms with Crippen LogP contribution in [-0.2, 0) is 14.2 Å². The van der Waals surface area contributed by atoms with Crippen molar-refractivity contribution in [2.45, 2.75) is 200 Å². The van der Waals surface area contributed by atoms with Crippen LogP contribution in [0.3, 0.4) is 0 Å². The quantitative estimate of drug-likeness (QED) is 0.0517. The Morgan fingerprint density at radius 1 is 0.542 bits per heavy atom. The standard InChI is InChI=1S/C42H84N2O4/c1-5-7-9-11-13-15-17-19-21-22-24-26-28-30-32-34-38-47-40-41(48-42(45)43-35-36-44(3)4)39-46-37-33-31-29-27-25-23-20-18-16-14-12-10-8-6-2/h19,21,41H,5-18,20,22-40H2,1-4H3,(H,43,45)/b21-19-. The minimum atomic E-state index is -0.386. The van der Waals surface area contributed by atoms with Gasteiger partial charge in [-0.05, 0) is 52.6 Å². The Morgan fingerprint density at radius 2 is 0.896 bits per heavy atom. The van der Waals surface area contributed by atoms with Crippen molar-refractivity contribution >= 4 is 6.09 Å². The van der Waals surface area contributed by atoms with E-state index in [0.29, 0.717) is 26.4 Å². The number of nitrogens with one attached hydrogen (secondary N) is 1. The molecule has 0 saturated carbocycles. The smallest absolute Gasteiger partial charge is 0.407 e. The molecule has 6 nitrogen and oxygen atoms in total. The van der Waals surface area contributed by atoms with E-state index in [-0.39, 0.29) is 12.2 Å². The third-order valence-corrected chi connectivity index (χ3v) is 9.15. The van der Waals surface area contributed by atoms with Crippen molar-refractivity contribution in [1.82, 2.24) is 10.2 Å². The third kappa shape index (κ3) is 39.3. The number of allylic oxidation sites excluding steroid dienone is 2. The number of nitrogens with zero attached hydrogens (tertiary/aromatic N) is 1. The first-order valence-corrected chi connectivity index (χ1v) is 21.0. The summed E-state index contributed by atoms with van der Waals surface area (Å²) in [6.45, 7) is 8.13. The molecular formula is C42H84N2O4. The number of carbonyl (C=O) groups is 1. The van der Waals surface area contributed by atoms with Gasteiger partial charge in [0.05, 0.1) is 13.2 Å². The number of amides is 1. The average Bonchev–Trinajstić information content (AvgIpc) is 3.07. The summed E-state index contributed by atoms with van der Waals surface area (Å²) < 4.78 is 17.5. The van der Waals surface area contributed by atoms with Crippen LogP contribution in [0, 0.1) is 0 Å². The van der Waals surface area contributed by atoms with Crippen molar-refractivity contribution < 1.29 is 19.0 Å². The van der Waals surface area contributed by atoms with Crippen LogP contribution in [-0.4, -0.2) is 70.7 Å². The summed E-state index contributed by atoms with van der Waals surface area (Å²) >= 11 is 0. The van der Waals surface area contributed by atoms with Crippen LogP contribution < -0.4 is 5.32 Å². The Kier molecular flexibility index (Phi) is 39.4. The molecule has 286 valence electrons. The van der Waals surface area contributed by atoms with E-state index in [4.69, 9.17) is 14.2 Å². The Labute approximate surface area is 300 Å². The highest BCUT2D eigenvalue weighted by Gasteiger charge is 2.15. The van der Waals surface area contributed by atoms with Gasteiger partial charge >= 0.3 is 6.09 Å². The second-order valence-electron chi connectivity index (χ2n) is 14.4. The zero-order valence-electron chi connectivity index (χ0n) is 32.9. The summed E-state index contributed by atoms with van der Waals surface area (Å²) in [5.74, 6) is 0. The van der Waals surface area contributed by atoms with Crippen LogP contribution >= 0.6 is 0 Å². The summed E-state index contributed by atoms with van der Waals surface area (Å²) in [4.78, 5) is 14.4. The molecule has 0 radical (unpaired) electrons. The Hall–Kier alpha value is -1.11. The second kappa shape index (κ2) is 40.3. The van der Waals surface area contributed by atoms with E-state index in [2.05, 4.69) is 31.3 Å². The van der Waals surface area contributed by atoms with E-state index in [1.807, 2.05) is 19.0 Å². The fourth-order valence-electron chi connectivity index (χ4n) is 5.97. The molecule has 0 aromatic heterocycles. The maximum atomic E-state index is 12.3. The van der Waals surface area contributed by atoms with Crippen LogP contribution in [0.4, 0.5) is 4.79 Å². The van der Waals surface area contributed by atoms with Crippen molar-refractivity contribution in [3.8, 4) is 0 Å². The molecule has 1 unspecified atom stereocenters. The third-order valence-electron chi connectivity index (χ3n) is 9.15. The van der Waals surface area contributed by atoms with Crippen LogP contribution in [0.5, 0.6) is 0 Å². The molecule has 0 aromatic rings. The lowest BCUT2D eigenvalue weighted by Gasteiger charge is -2.19. The topological polar surface area (TPSA) is 60.0 Å². The summed E-state index contributed by atoms with van der Waals surface area (Å²) in [7, 11) is 3.98. The highest BCUT2D eigenvalue weighted by molar-refractivity contribution is 5.67. The van der Waals surface area contributed by atoms with Crippen LogP contribution in [0.15, 0.2) is 12.2 Å². The van der Waals surface area contributed by atoms with E-state index in [9.17, 15) is 4.79 Å². The van der Waals surface area contributed by atoms with Crippen LogP contribution in [0.1, 0.15) is 194 Å². The number of unbranched alkanes of at least 4 members (excludes halogenated alkanes) is 25. The summed E-state index contributed by atoms with van der Waals surface area (Å²) in [6.07, 6.45) is 41.1. The molecule has 0 aliphatic carbocycles. The first kappa shape index (κ1) is 46.9. The van der Waals surface area contributed by atoms with Crippen molar-refractivity contribution in [2.24, 2.45) is 0 Å². The largest absolute Gasteiger partial charge is 0.441 e. The van der Waals surface area contributed by atoms with Gasteiger partial charge in [0, 0.05) is 26.3 Å². The zero-order chi connectivity index (χ0) is 35.0. The van der Waals surface area contributed by atoms with Gasteiger partial charge < -0.3 is 24.4 Å². The molecule has 0 fully saturated rings. The molecule has 1 N–H and O–H groups in total. The van der Waals surface area contributed by atoms with Crippen LogP contribution in [0.25, 0.3) is 0 Å². The summed E-state index contributed by atoms with van der Waals surface area (Å²) in [5.41, 5.74) is 0. The number of rotatable bonds is 39. The fourth-order valence-corrected chi connectivity index (χ4v) is 5.97. The van der Waals surface area contributed by atoms with Gasteiger partial charge in [-0.15, -0.1) is 0 Å². The van der Waals surface area contributed by atoms with Gasteiger partial charge in [0.2, 0.25) is 0 Å². The first-order valence-electron chi connectivity index (χ1n) is 21.0. The lowest BCUT2D eigenvalue weighted by atomic mass is 10.0. The van der Waals surface area contributed by atoms with E-state index < -0.39 is 0 Å². The summed E-state index contributed by atoms with van der Waals surface area (Å²) in [5, 5.41) is 2.84. The number of alkyl carbamates (subject to hydrolysis) is 1. The van der Waals surface area contributed by atoms with Gasteiger partial charge in [0.1, 0.15) is 0 Å². The molecule has 0 heterocycles. The molecule has 0 saturated heterocycles. The number of carbonyl (C=O) groups excluding carboxylic acids is 1. The highest BCUT2D eigenvalue weighted by atomic mass is 16.6.